The van der Waals surface area contributed by atoms with Gasteiger partial charge in [0.15, 0.2) is 17.3 Å². The Kier molecular flexibility index (Phi) is 8.16. The summed E-state index contributed by atoms with van der Waals surface area (Å²) in [7, 11) is 1.53. The lowest BCUT2D eigenvalue weighted by Crippen LogP contribution is -2.25. The number of phenolic OH excluding ortho intramolecular Hbond substituents is 1. The van der Waals surface area contributed by atoms with Crippen LogP contribution in [0.3, 0.4) is 0 Å². The van der Waals surface area contributed by atoms with Crippen molar-refractivity contribution in [1.29, 1.82) is 0 Å². The minimum Gasteiger partial charge on any atom is -0.504 e. The first-order valence-corrected chi connectivity index (χ1v) is 11.5. The van der Waals surface area contributed by atoms with Gasteiger partial charge >= 0.3 is 0 Å². The first-order chi connectivity index (χ1) is 15.1. The summed E-state index contributed by atoms with van der Waals surface area (Å²) >= 11 is 0. The Morgan fingerprint density at radius 2 is 1.74 bits per heavy atom. The van der Waals surface area contributed by atoms with E-state index in [0.29, 0.717) is 5.75 Å². The Morgan fingerprint density at radius 3 is 2.35 bits per heavy atom. The van der Waals surface area contributed by atoms with Gasteiger partial charge in [0, 0.05) is 24.7 Å². The van der Waals surface area contributed by atoms with Crippen LogP contribution in [0, 0.1) is 0 Å². The zero-order chi connectivity index (χ0) is 22.2. The molecule has 1 fully saturated rings. The highest BCUT2D eigenvalue weighted by Gasteiger charge is 2.30. The number of benzene rings is 2. The maximum atomic E-state index is 13.1. The van der Waals surface area contributed by atoms with Crippen LogP contribution in [0.5, 0.6) is 11.5 Å². The fourth-order valence-electron chi connectivity index (χ4n) is 4.21. The van der Waals surface area contributed by atoms with Crippen molar-refractivity contribution in [2.45, 2.75) is 58.3 Å². The minimum atomic E-state index is -0.0703. The van der Waals surface area contributed by atoms with Crippen LogP contribution in [0.4, 0.5) is 5.69 Å². The molecule has 166 valence electrons. The van der Waals surface area contributed by atoms with E-state index in [0.717, 1.165) is 42.6 Å². The van der Waals surface area contributed by atoms with Crippen molar-refractivity contribution in [3.8, 4) is 11.5 Å². The van der Waals surface area contributed by atoms with Crippen molar-refractivity contribution >= 4 is 17.5 Å². The lowest BCUT2D eigenvalue weighted by Gasteiger charge is -2.25. The molecule has 0 aromatic heterocycles. The van der Waals surface area contributed by atoms with E-state index in [9.17, 15) is 9.90 Å². The molecule has 1 N–H and O–H groups in total. The van der Waals surface area contributed by atoms with E-state index in [2.05, 4.69) is 43.0 Å². The van der Waals surface area contributed by atoms with Crippen molar-refractivity contribution in [3.63, 3.8) is 0 Å². The molecule has 1 aliphatic rings. The van der Waals surface area contributed by atoms with E-state index in [1.165, 1.54) is 38.5 Å². The average Bonchev–Trinajstić information content (AvgIpc) is 3.15. The van der Waals surface area contributed by atoms with Gasteiger partial charge in [0.25, 0.3) is 0 Å². The number of hydrogen-bond donors (Lipinski definition) is 1. The van der Waals surface area contributed by atoms with Crippen LogP contribution in [0.25, 0.3) is 6.08 Å². The molecule has 1 aliphatic carbocycles. The molecule has 0 bridgehead atoms. The summed E-state index contributed by atoms with van der Waals surface area (Å²) in [6, 6.07) is 13.8. The fraction of sp³-hybridized carbons (Fsp3) is 0.444. The van der Waals surface area contributed by atoms with Crippen molar-refractivity contribution in [2.24, 2.45) is 0 Å². The van der Waals surface area contributed by atoms with E-state index in [4.69, 9.17) is 4.74 Å². The molecule has 4 nitrogen and oxygen atoms in total. The molecule has 1 saturated carbocycles. The summed E-state index contributed by atoms with van der Waals surface area (Å²) in [5, 5.41) is 9.78. The molecule has 1 unspecified atom stereocenters. The molecular weight excluding hydrogens is 386 g/mol. The smallest absolute Gasteiger partial charge is 0.166 e. The second-order valence-electron chi connectivity index (χ2n) is 8.34. The van der Waals surface area contributed by atoms with Gasteiger partial charge in [-0.25, -0.2) is 0 Å². The van der Waals surface area contributed by atoms with Crippen LogP contribution < -0.4 is 9.64 Å². The summed E-state index contributed by atoms with van der Waals surface area (Å²) in [6.45, 7) is 6.63. The highest BCUT2D eigenvalue weighted by atomic mass is 16.5. The highest BCUT2D eigenvalue weighted by molar-refractivity contribution is 6.06. The van der Waals surface area contributed by atoms with Gasteiger partial charge in [0.1, 0.15) is 0 Å². The quantitative estimate of drug-likeness (QED) is 0.455. The molecule has 0 amide bonds. The molecule has 2 aromatic rings. The van der Waals surface area contributed by atoms with Crippen molar-refractivity contribution < 1.29 is 14.6 Å². The van der Waals surface area contributed by atoms with Crippen LogP contribution in [-0.4, -0.2) is 31.1 Å². The standard InChI is InChI=1S/C27H35NO3/c1-4-6-16-28(17-7-5-2)23-12-9-21(10-13-23)24-14-11-22(27(24)30)18-20-8-15-25(29)26(19-20)31-3/h8-10,12-13,15,18-19,24,29H,4-7,11,14,16-17H2,1-3H3/b22-18-. The van der Waals surface area contributed by atoms with Gasteiger partial charge in [-0.05, 0) is 72.7 Å². The number of unbranched alkanes of at least 4 members (excludes halogenated alkanes) is 2. The maximum Gasteiger partial charge on any atom is 0.166 e. The van der Waals surface area contributed by atoms with Gasteiger partial charge in [0.05, 0.1) is 7.11 Å². The van der Waals surface area contributed by atoms with Crippen molar-refractivity contribution in [1.82, 2.24) is 0 Å². The Hall–Kier alpha value is -2.75. The highest BCUT2D eigenvalue weighted by Crippen LogP contribution is 2.37. The third-order valence-electron chi connectivity index (χ3n) is 6.10. The molecule has 31 heavy (non-hydrogen) atoms. The number of carbonyl (C=O) groups excluding carboxylic acids is 1. The molecule has 0 spiro atoms. The lowest BCUT2D eigenvalue weighted by atomic mass is 9.95. The Morgan fingerprint density at radius 1 is 1.06 bits per heavy atom. The van der Waals surface area contributed by atoms with Crippen molar-refractivity contribution in [3.05, 3.63) is 59.2 Å². The van der Waals surface area contributed by atoms with Gasteiger partial charge in [-0.2, -0.15) is 0 Å². The number of ketones is 1. The number of allylic oxidation sites excluding steroid dienone is 1. The normalized spacial score (nSPS) is 17.3. The summed E-state index contributed by atoms with van der Waals surface area (Å²) in [5.41, 5.74) is 4.07. The fourth-order valence-corrected chi connectivity index (χ4v) is 4.21. The third-order valence-corrected chi connectivity index (χ3v) is 6.10. The monoisotopic (exact) mass is 421 g/mol. The number of aromatic hydroxyl groups is 1. The Bertz CT molecular complexity index is 893. The second kappa shape index (κ2) is 11.0. The second-order valence-corrected chi connectivity index (χ2v) is 8.34. The first-order valence-electron chi connectivity index (χ1n) is 11.5. The summed E-state index contributed by atoms with van der Waals surface area (Å²) in [5.74, 6) is 0.655. The molecular formula is C27H35NO3. The first kappa shape index (κ1) is 22.9. The molecule has 2 aromatic carbocycles. The predicted octanol–water partition coefficient (Wildman–Crippen LogP) is 6.34. The number of hydrogen-bond acceptors (Lipinski definition) is 4. The molecule has 0 radical (unpaired) electrons. The SMILES string of the molecule is CCCCN(CCCC)c1ccc(C2CC/C(=C/c3ccc(O)c(OC)c3)C2=O)cc1. The van der Waals surface area contributed by atoms with Crippen LogP contribution in [0.1, 0.15) is 69.4 Å². The van der Waals surface area contributed by atoms with Crippen LogP contribution in [0.2, 0.25) is 0 Å². The molecule has 0 aliphatic heterocycles. The van der Waals surface area contributed by atoms with Gasteiger partial charge in [0.2, 0.25) is 0 Å². The molecule has 1 atom stereocenters. The van der Waals surface area contributed by atoms with E-state index < -0.39 is 0 Å². The summed E-state index contributed by atoms with van der Waals surface area (Å²) in [6.07, 6.45) is 8.32. The number of anilines is 1. The van der Waals surface area contributed by atoms with E-state index in [1.54, 1.807) is 18.2 Å². The zero-order valence-electron chi connectivity index (χ0n) is 19.1. The van der Waals surface area contributed by atoms with Crippen molar-refractivity contribution in [2.75, 3.05) is 25.1 Å². The molecule has 0 saturated heterocycles. The van der Waals surface area contributed by atoms with Gasteiger partial charge in [-0.15, -0.1) is 0 Å². The van der Waals surface area contributed by atoms with Gasteiger partial charge in [-0.3, -0.25) is 4.79 Å². The van der Waals surface area contributed by atoms with Gasteiger partial charge in [-0.1, -0.05) is 44.9 Å². The third kappa shape index (κ3) is 5.69. The summed E-state index contributed by atoms with van der Waals surface area (Å²) < 4.78 is 5.18. The van der Waals surface area contributed by atoms with Crippen LogP contribution >= 0.6 is 0 Å². The van der Waals surface area contributed by atoms with Gasteiger partial charge < -0.3 is 14.7 Å². The molecule has 4 heteroatoms. The Balaban J connectivity index is 1.73. The summed E-state index contributed by atoms with van der Waals surface area (Å²) in [4.78, 5) is 15.5. The molecule has 0 heterocycles. The van der Waals surface area contributed by atoms with E-state index in [1.807, 2.05) is 6.08 Å². The van der Waals surface area contributed by atoms with E-state index in [-0.39, 0.29) is 17.5 Å². The number of nitrogens with zero attached hydrogens (tertiary/aromatic N) is 1. The largest absolute Gasteiger partial charge is 0.504 e. The predicted molar refractivity (Wildman–Crippen MR) is 128 cm³/mol. The van der Waals surface area contributed by atoms with Crippen LogP contribution in [-0.2, 0) is 4.79 Å². The number of phenols is 1. The van der Waals surface area contributed by atoms with E-state index >= 15 is 0 Å². The maximum absolute atomic E-state index is 13.1. The number of ether oxygens (including phenoxy) is 1. The minimum absolute atomic E-state index is 0.0703. The van der Waals surface area contributed by atoms with Crippen LogP contribution in [0.15, 0.2) is 48.0 Å². The average molecular weight is 422 g/mol. The lowest BCUT2D eigenvalue weighted by molar-refractivity contribution is -0.115. The number of Topliss-reactive ketones (excluding diaryl/α,β-unsaturated/α-hetero) is 1. The molecule has 3 rings (SSSR count). The number of rotatable bonds is 10. The number of carbonyl (C=O) groups is 1. The Labute approximate surface area is 186 Å². The number of methoxy groups -OCH3 is 1. The topological polar surface area (TPSA) is 49.8 Å². The zero-order valence-corrected chi connectivity index (χ0v) is 19.1.